The van der Waals surface area contributed by atoms with Crippen LogP contribution in [-0.4, -0.2) is 22.6 Å². The van der Waals surface area contributed by atoms with Crippen molar-refractivity contribution in [2.24, 2.45) is 0 Å². The van der Waals surface area contributed by atoms with Crippen molar-refractivity contribution in [1.29, 1.82) is 0 Å². The van der Waals surface area contributed by atoms with Gasteiger partial charge in [-0.2, -0.15) is 4.98 Å². The first-order valence-corrected chi connectivity index (χ1v) is 9.08. The highest BCUT2D eigenvalue weighted by atomic mass is 35.5. The summed E-state index contributed by atoms with van der Waals surface area (Å²) in [7, 11) is 0. The highest BCUT2D eigenvalue weighted by Gasteiger charge is 2.10. The van der Waals surface area contributed by atoms with Crippen LogP contribution in [0.25, 0.3) is 11.4 Å². The number of benzene rings is 2. The van der Waals surface area contributed by atoms with Crippen molar-refractivity contribution in [1.82, 2.24) is 15.5 Å². The minimum absolute atomic E-state index is 0.102. The van der Waals surface area contributed by atoms with Crippen molar-refractivity contribution < 1.29 is 13.7 Å². The van der Waals surface area contributed by atoms with Gasteiger partial charge in [-0.3, -0.25) is 4.79 Å². The molecule has 0 bridgehead atoms. The van der Waals surface area contributed by atoms with Gasteiger partial charge >= 0.3 is 0 Å². The Morgan fingerprint density at radius 3 is 2.67 bits per heavy atom. The number of carbonyl (C=O) groups is 1. The fourth-order valence-electron chi connectivity index (χ4n) is 2.59. The molecule has 5 nitrogen and oxygen atoms in total. The van der Waals surface area contributed by atoms with Crippen LogP contribution in [0.5, 0.6) is 0 Å². The van der Waals surface area contributed by atoms with Crippen LogP contribution >= 0.6 is 11.6 Å². The van der Waals surface area contributed by atoms with Gasteiger partial charge in [0, 0.05) is 30.0 Å². The van der Waals surface area contributed by atoms with Crippen molar-refractivity contribution in [3.63, 3.8) is 0 Å². The van der Waals surface area contributed by atoms with E-state index in [-0.39, 0.29) is 18.1 Å². The van der Waals surface area contributed by atoms with Crippen molar-refractivity contribution in [2.75, 3.05) is 6.54 Å². The molecule has 140 valence electrons. The molecule has 0 radical (unpaired) electrons. The topological polar surface area (TPSA) is 68.0 Å². The maximum absolute atomic E-state index is 13.5. The molecule has 3 rings (SSSR count). The average Bonchev–Trinajstić information content (AvgIpc) is 3.14. The normalized spacial score (nSPS) is 10.7. The first-order chi connectivity index (χ1) is 13.1. The maximum Gasteiger partial charge on any atom is 0.227 e. The van der Waals surface area contributed by atoms with E-state index in [0.717, 1.165) is 5.56 Å². The molecule has 0 unspecified atom stereocenters. The monoisotopic (exact) mass is 387 g/mol. The van der Waals surface area contributed by atoms with Crippen LogP contribution in [0.1, 0.15) is 24.3 Å². The Bertz CT molecular complexity index is 896. The second-order valence-electron chi connectivity index (χ2n) is 6.06. The van der Waals surface area contributed by atoms with Crippen molar-refractivity contribution in [2.45, 2.75) is 25.7 Å². The van der Waals surface area contributed by atoms with Crippen LogP contribution in [0.4, 0.5) is 4.39 Å². The van der Waals surface area contributed by atoms with E-state index in [9.17, 15) is 9.18 Å². The Hall–Kier alpha value is -2.73. The number of hydrogen-bond acceptors (Lipinski definition) is 4. The fourth-order valence-corrected chi connectivity index (χ4v) is 2.72. The molecule has 3 aromatic rings. The standard InChI is InChI=1S/C20H19ClFN3O2/c21-16-9-7-15(8-10-16)20-24-19(27-25-20)12-11-18(26)23-13-3-5-14-4-1-2-6-17(14)22/h1-2,4,6-10H,3,5,11-13H2,(H,23,26). The van der Waals surface area contributed by atoms with E-state index in [1.807, 2.05) is 0 Å². The maximum atomic E-state index is 13.5. The summed E-state index contributed by atoms with van der Waals surface area (Å²) in [4.78, 5) is 16.2. The molecular weight excluding hydrogens is 369 g/mol. The molecule has 0 saturated carbocycles. The summed E-state index contributed by atoms with van der Waals surface area (Å²) in [6, 6.07) is 13.8. The second-order valence-corrected chi connectivity index (χ2v) is 6.50. The molecule has 0 fully saturated rings. The second kappa shape index (κ2) is 9.28. The van der Waals surface area contributed by atoms with Gasteiger partial charge in [0.25, 0.3) is 0 Å². The minimum Gasteiger partial charge on any atom is -0.356 e. The minimum atomic E-state index is -0.211. The molecule has 0 saturated heterocycles. The van der Waals surface area contributed by atoms with E-state index in [0.29, 0.717) is 48.1 Å². The lowest BCUT2D eigenvalue weighted by atomic mass is 10.1. The number of nitrogens with zero attached hydrogens (tertiary/aromatic N) is 2. The summed E-state index contributed by atoms with van der Waals surface area (Å²) in [5, 5.41) is 7.37. The van der Waals surface area contributed by atoms with E-state index in [4.69, 9.17) is 16.1 Å². The van der Waals surface area contributed by atoms with Crippen LogP contribution in [0.15, 0.2) is 53.1 Å². The Kier molecular flexibility index (Phi) is 6.54. The van der Waals surface area contributed by atoms with Gasteiger partial charge in [-0.25, -0.2) is 4.39 Å². The number of carbonyl (C=O) groups excluding carboxylic acids is 1. The number of halogens is 2. The third kappa shape index (κ3) is 5.62. The zero-order chi connectivity index (χ0) is 19.1. The number of aromatic nitrogens is 2. The summed E-state index contributed by atoms with van der Waals surface area (Å²) in [5.74, 6) is 0.555. The van der Waals surface area contributed by atoms with Crippen LogP contribution in [0, 0.1) is 5.82 Å². The van der Waals surface area contributed by atoms with Crippen LogP contribution < -0.4 is 5.32 Å². The molecule has 0 aliphatic rings. The molecular formula is C20H19ClFN3O2. The number of aryl methyl sites for hydroxylation is 2. The lowest BCUT2D eigenvalue weighted by Gasteiger charge is -2.05. The number of hydrogen-bond donors (Lipinski definition) is 1. The van der Waals surface area contributed by atoms with Gasteiger partial charge in [0.1, 0.15) is 5.82 Å². The van der Waals surface area contributed by atoms with Gasteiger partial charge < -0.3 is 9.84 Å². The summed E-state index contributed by atoms with van der Waals surface area (Å²) in [5.41, 5.74) is 1.46. The summed E-state index contributed by atoms with van der Waals surface area (Å²) in [6.45, 7) is 0.493. The molecule has 0 spiro atoms. The Labute approximate surface area is 161 Å². The van der Waals surface area contributed by atoms with Crippen molar-refractivity contribution >= 4 is 17.5 Å². The predicted octanol–water partition coefficient (Wildman–Crippen LogP) is 4.21. The van der Waals surface area contributed by atoms with Crippen molar-refractivity contribution in [3.8, 4) is 11.4 Å². The average molecular weight is 388 g/mol. The molecule has 27 heavy (non-hydrogen) atoms. The van der Waals surface area contributed by atoms with Gasteiger partial charge in [-0.05, 0) is 48.7 Å². The van der Waals surface area contributed by atoms with E-state index in [1.54, 1.807) is 42.5 Å². The summed E-state index contributed by atoms with van der Waals surface area (Å²) >= 11 is 5.86. The number of nitrogens with one attached hydrogen (secondary N) is 1. The molecule has 1 N–H and O–H groups in total. The van der Waals surface area contributed by atoms with Gasteiger partial charge in [0.15, 0.2) is 0 Å². The van der Waals surface area contributed by atoms with Crippen LogP contribution in [0.2, 0.25) is 5.02 Å². The quantitative estimate of drug-likeness (QED) is 0.588. The van der Waals surface area contributed by atoms with Crippen LogP contribution in [0.3, 0.4) is 0 Å². The summed E-state index contributed by atoms with van der Waals surface area (Å²) < 4.78 is 18.7. The highest BCUT2D eigenvalue weighted by molar-refractivity contribution is 6.30. The Morgan fingerprint density at radius 1 is 1.11 bits per heavy atom. The van der Waals surface area contributed by atoms with E-state index in [2.05, 4.69) is 15.5 Å². The largest absolute Gasteiger partial charge is 0.356 e. The zero-order valence-electron chi connectivity index (χ0n) is 14.6. The molecule has 1 aromatic heterocycles. The zero-order valence-corrected chi connectivity index (χ0v) is 15.4. The van der Waals surface area contributed by atoms with Gasteiger partial charge in [-0.1, -0.05) is 35.0 Å². The van der Waals surface area contributed by atoms with Gasteiger partial charge in [-0.15, -0.1) is 0 Å². The molecule has 7 heteroatoms. The van der Waals surface area contributed by atoms with Gasteiger partial charge in [0.05, 0.1) is 0 Å². The predicted molar refractivity (Wildman–Crippen MR) is 101 cm³/mol. The Morgan fingerprint density at radius 2 is 1.89 bits per heavy atom. The van der Waals surface area contributed by atoms with Crippen LogP contribution in [-0.2, 0) is 17.6 Å². The molecule has 0 aliphatic heterocycles. The number of rotatable bonds is 8. The lowest BCUT2D eigenvalue weighted by Crippen LogP contribution is -2.25. The SMILES string of the molecule is O=C(CCc1nc(-c2ccc(Cl)cc2)no1)NCCCc1ccccc1F. The van der Waals surface area contributed by atoms with E-state index < -0.39 is 0 Å². The third-order valence-corrected chi connectivity index (χ3v) is 4.29. The van der Waals surface area contributed by atoms with Crippen molar-refractivity contribution in [3.05, 3.63) is 70.8 Å². The first kappa shape index (κ1) is 19.0. The Balaban J connectivity index is 1.39. The first-order valence-electron chi connectivity index (χ1n) is 8.70. The summed E-state index contributed by atoms with van der Waals surface area (Å²) in [6.07, 6.45) is 1.87. The molecule has 0 aliphatic carbocycles. The molecule has 1 heterocycles. The molecule has 1 amide bonds. The molecule has 2 aromatic carbocycles. The lowest BCUT2D eigenvalue weighted by molar-refractivity contribution is -0.121. The highest BCUT2D eigenvalue weighted by Crippen LogP contribution is 2.19. The third-order valence-electron chi connectivity index (χ3n) is 4.04. The van der Waals surface area contributed by atoms with E-state index >= 15 is 0 Å². The smallest absolute Gasteiger partial charge is 0.227 e. The van der Waals surface area contributed by atoms with Gasteiger partial charge in [0.2, 0.25) is 17.6 Å². The van der Waals surface area contributed by atoms with E-state index in [1.165, 1.54) is 6.07 Å². The fraction of sp³-hybridized carbons (Fsp3) is 0.250. The number of amides is 1. The molecule has 0 atom stereocenters.